The van der Waals surface area contributed by atoms with Gasteiger partial charge in [0.15, 0.2) is 16.6 Å². The number of esters is 1. The van der Waals surface area contributed by atoms with Gasteiger partial charge in [0, 0.05) is 18.0 Å². The van der Waals surface area contributed by atoms with Crippen molar-refractivity contribution in [1.82, 2.24) is 9.97 Å². The van der Waals surface area contributed by atoms with Crippen LogP contribution in [0, 0.1) is 12.8 Å². The predicted octanol–water partition coefficient (Wildman–Crippen LogP) is 5.47. The van der Waals surface area contributed by atoms with Crippen LogP contribution in [0.1, 0.15) is 66.7 Å². The number of rotatable bonds is 11. The molecule has 4 rings (SSSR count). The number of thiazole rings is 1. The minimum Gasteiger partial charge on any atom is -0.507 e. The number of carbonyl (C=O) groups excluding carboxylic acids is 3. The Balaban J connectivity index is 1.88. The maximum absolute atomic E-state index is 13.5. The van der Waals surface area contributed by atoms with Crippen LogP contribution in [-0.4, -0.2) is 52.6 Å². The van der Waals surface area contributed by atoms with Crippen LogP contribution in [0.2, 0.25) is 0 Å². The van der Waals surface area contributed by atoms with E-state index in [4.69, 9.17) is 14.2 Å². The number of nitrogens with zero attached hydrogens (tertiary/aromatic N) is 3. The van der Waals surface area contributed by atoms with Crippen LogP contribution >= 0.6 is 11.3 Å². The molecule has 0 aliphatic carbocycles. The minimum atomic E-state index is -1.06. The summed E-state index contributed by atoms with van der Waals surface area (Å²) in [6, 6.07) is 7.18. The lowest BCUT2D eigenvalue weighted by atomic mass is 9.95. The van der Waals surface area contributed by atoms with Gasteiger partial charge in [-0.1, -0.05) is 31.3 Å². The van der Waals surface area contributed by atoms with Gasteiger partial charge in [-0.2, -0.15) is 0 Å². The first-order chi connectivity index (χ1) is 19.7. The standard InChI is InChI=1S/C30H33N3O7S/c1-6-38-22-16-20(8-9-21(22)40-15-12-17(3)4)24-23(25(34)19-10-13-31-14-11-19)26(35)28(36)33(24)30-32-18(5)27(41-30)29(37)39-7-2/h8-11,13-14,16-17,24,34H,6-7,12,15H2,1-5H3. The number of aliphatic hydroxyl groups is 1. The summed E-state index contributed by atoms with van der Waals surface area (Å²) >= 11 is 0.947. The molecule has 2 aromatic heterocycles. The van der Waals surface area contributed by atoms with Crippen molar-refractivity contribution in [3.05, 3.63) is 70.0 Å². The van der Waals surface area contributed by atoms with E-state index in [0.717, 1.165) is 17.8 Å². The molecule has 11 heteroatoms. The molecule has 0 bridgehead atoms. The number of aliphatic hydroxyl groups excluding tert-OH is 1. The van der Waals surface area contributed by atoms with E-state index in [0.29, 0.717) is 47.5 Å². The SMILES string of the molecule is CCOC(=O)c1sc(N2C(=O)C(=O)C(=C(O)c3ccncc3)C2c2ccc(OCCC(C)C)c(OCC)c2)nc1C. The third-order valence-electron chi connectivity index (χ3n) is 6.39. The second kappa shape index (κ2) is 12.9. The molecular weight excluding hydrogens is 546 g/mol. The number of ketones is 1. The third-order valence-corrected chi connectivity index (χ3v) is 7.52. The average Bonchev–Trinajstić information content (AvgIpc) is 3.46. The smallest absolute Gasteiger partial charge is 0.350 e. The van der Waals surface area contributed by atoms with Gasteiger partial charge in [-0.3, -0.25) is 19.5 Å². The summed E-state index contributed by atoms with van der Waals surface area (Å²) in [5.74, 6) is -1.27. The summed E-state index contributed by atoms with van der Waals surface area (Å²) in [5, 5.41) is 11.4. The van der Waals surface area contributed by atoms with E-state index < -0.39 is 23.7 Å². The van der Waals surface area contributed by atoms with E-state index >= 15 is 0 Å². The summed E-state index contributed by atoms with van der Waals surface area (Å²) in [7, 11) is 0. The quantitative estimate of drug-likeness (QED) is 0.136. The molecule has 41 heavy (non-hydrogen) atoms. The van der Waals surface area contributed by atoms with Crippen LogP contribution in [0.4, 0.5) is 5.13 Å². The number of hydrogen-bond acceptors (Lipinski definition) is 10. The normalized spacial score (nSPS) is 16.3. The first-order valence-electron chi connectivity index (χ1n) is 13.4. The molecule has 3 heterocycles. The number of ether oxygens (including phenoxy) is 3. The third kappa shape index (κ3) is 6.25. The number of carbonyl (C=O) groups is 3. The zero-order chi connectivity index (χ0) is 29.7. The molecule has 10 nitrogen and oxygen atoms in total. The maximum atomic E-state index is 13.5. The lowest BCUT2D eigenvalue weighted by Gasteiger charge is -2.24. The Labute approximate surface area is 242 Å². The Bertz CT molecular complexity index is 1470. The Hall–Kier alpha value is -4.25. The second-order valence-electron chi connectivity index (χ2n) is 9.71. The lowest BCUT2D eigenvalue weighted by molar-refractivity contribution is -0.132. The average molecular weight is 580 g/mol. The highest BCUT2D eigenvalue weighted by Crippen LogP contribution is 2.45. The van der Waals surface area contributed by atoms with Crippen molar-refractivity contribution < 1.29 is 33.7 Å². The highest BCUT2D eigenvalue weighted by atomic mass is 32.1. The molecule has 0 saturated carbocycles. The van der Waals surface area contributed by atoms with Gasteiger partial charge in [-0.15, -0.1) is 0 Å². The van der Waals surface area contributed by atoms with Crippen LogP contribution in [0.3, 0.4) is 0 Å². The first-order valence-corrected chi connectivity index (χ1v) is 14.2. The largest absolute Gasteiger partial charge is 0.507 e. The molecule has 1 unspecified atom stereocenters. The molecule has 3 aromatic rings. The van der Waals surface area contributed by atoms with Gasteiger partial charge in [-0.05, 0) is 62.9 Å². The van der Waals surface area contributed by atoms with Crippen molar-refractivity contribution in [3.63, 3.8) is 0 Å². The lowest BCUT2D eigenvalue weighted by Crippen LogP contribution is -2.29. The van der Waals surface area contributed by atoms with E-state index in [1.165, 1.54) is 17.3 Å². The number of aromatic nitrogens is 2. The monoisotopic (exact) mass is 579 g/mol. The molecule has 0 spiro atoms. The summed E-state index contributed by atoms with van der Waals surface area (Å²) in [4.78, 5) is 49.4. The fourth-order valence-electron chi connectivity index (χ4n) is 4.37. The number of Topliss-reactive ketones (excluding diaryl/α,β-unsaturated/α-hetero) is 1. The van der Waals surface area contributed by atoms with E-state index in [-0.39, 0.29) is 27.9 Å². The topological polar surface area (TPSA) is 128 Å². The predicted molar refractivity (Wildman–Crippen MR) is 154 cm³/mol. The highest BCUT2D eigenvalue weighted by Gasteiger charge is 2.48. The molecule has 1 amide bonds. The van der Waals surface area contributed by atoms with Crippen molar-refractivity contribution in [1.29, 1.82) is 0 Å². The number of benzene rings is 1. The van der Waals surface area contributed by atoms with Crippen molar-refractivity contribution in [2.24, 2.45) is 5.92 Å². The van der Waals surface area contributed by atoms with Gasteiger partial charge in [0.05, 0.1) is 37.1 Å². The van der Waals surface area contributed by atoms with Crippen LogP contribution in [0.15, 0.2) is 48.3 Å². The molecule has 1 aliphatic rings. The second-order valence-corrected chi connectivity index (χ2v) is 10.7. The Morgan fingerprint density at radius 2 is 1.80 bits per heavy atom. The van der Waals surface area contributed by atoms with Gasteiger partial charge in [0.2, 0.25) is 0 Å². The number of hydrogen-bond donors (Lipinski definition) is 1. The van der Waals surface area contributed by atoms with Gasteiger partial charge in [-0.25, -0.2) is 9.78 Å². The molecular formula is C30H33N3O7S. The van der Waals surface area contributed by atoms with E-state index in [9.17, 15) is 19.5 Å². The molecule has 1 N–H and O–H groups in total. The summed E-state index contributed by atoms with van der Waals surface area (Å²) in [6.07, 6.45) is 3.81. The molecule has 1 atom stereocenters. The molecule has 1 saturated heterocycles. The molecule has 1 fully saturated rings. The molecule has 0 radical (unpaired) electrons. The Kier molecular flexibility index (Phi) is 9.38. The minimum absolute atomic E-state index is 0.123. The summed E-state index contributed by atoms with van der Waals surface area (Å²) < 4.78 is 17.0. The molecule has 1 aliphatic heterocycles. The molecule has 1 aromatic carbocycles. The fourth-order valence-corrected chi connectivity index (χ4v) is 5.36. The van der Waals surface area contributed by atoms with E-state index in [1.807, 2.05) is 6.92 Å². The fraction of sp³-hybridized carbons (Fsp3) is 0.367. The Morgan fingerprint density at radius 1 is 1.07 bits per heavy atom. The maximum Gasteiger partial charge on any atom is 0.350 e. The van der Waals surface area contributed by atoms with Crippen LogP contribution in [-0.2, 0) is 14.3 Å². The molecule has 216 valence electrons. The summed E-state index contributed by atoms with van der Waals surface area (Å²) in [6.45, 7) is 10.4. The van der Waals surface area contributed by atoms with Gasteiger partial charge >= 0.3 is 11.9 Å². The van der Waals surface area contributed by atoms with Crippen molar-refractivity contribution in [3.8, 4) is 11.5 Å². The van der Waals surface area contributed by atoms with Crippen molar-refractivity contribution in [2.75, 3.05) is 24.7 Å². The number of pyridine rings is 1. The number of aryl methyl sites for hydroxylation is 1. The number of anilines is 1. The zero-order valence-corrected chi connectivity index (χ0v) is 24.5. The highest BCUT2D eigenvalue weighted by molar-refractivity contribution is 7.17. The van der Waals surface area contributed by atoms with Crippen molar-refractivity contribution in [2.45, 2.75) is 47.1 Å². The van der Waals surface area contributed by atoms with Crippen LogP contribution in [0.5, 0.6) is 11.5 Å². The van der Waals surface area contributed by atoms with Crippen molar-refractivity contribution >= 4 is 39.9 Å². The van der Waals surface area contributed by atoms with Gasteiger partial charge in [0.25, 0.3) is 5.78 Å². The number of amides is 1. The van der Waals surface area contributed by atoms with E-state index in [2.05, 4.69) is 23.8 Å². The first kappa shape index (κ1) is 29.7. The van der Waals surface area contributed by atoms with Crippen LogP contribution in [0.25, 0.3) is 5.76 Å². The van der Waals surface area contributed by atoms with E-state index in [1.54, 1.807) is 44.2 Å². The van der Waals surface area contributed by atoms with Crippen LogP contribution < -0.4 is 14.4 Å². The van der Waals surface area contributed by atoms with Gasteiger partial charge < -0.3 is 19.3 Å². The Morgan fingerprint density at radius 3 is 2.46 bits per heavy atom. The summed E-state index contributed by atoms with van der Waals surface area (Å²) in [5.41, 5.74) is 1.05. The zero-order valence-electron chi connectivity index (χ0n) is 23.7. The van der Waals surface area contributed by atoms with Gasteiger partial charge in [0.1, 0.15) is 10.6 Å².